The van der Waals surface area contributed by atoms with E-state index in [-0.39, 0.29) is 17.2 Å². The third kappa shape index (κ3) is 11.1. The molecule has 0 aliphatic carbocycles. The number of hydrogen-bond acceptors (Lipinski definition) is 19. The Bertz CT molecular complexity index is 3340. The molecule has 0 radical (unpaired) electrons. The Kier molecular flexibility index (Phi) is 16.5. The van der Waals surface area contributed by atoms with Crippen molar-refractivity contribution in [2.75, 3.05) is 25.6 Å². The van der Waals surface area contributed by atoms with Crippen LogP contribution >= 0.6 is 0 Å². The van der Waals surface area contributed by atoms with E-state index in [4.69, 9.17) is 34.2 Å². The van der Waals surface area contributed by atoms with E-state index < -0.39 is 136 Å². The standard InChI is InChI=1S/C62H67N5O18/c63-35-4-2-1-3-34(35)50-42-23-21-40(66-42)48(29-7-13-32(14-8-29)81-61-58(78)55(75)52(72)45(26-69)84-61)38-19-17-36(64-38)47(28-5-11-31(12-6-28)80-60-57(77)54(74)51(71)44(25-68)83-60)37-18-20-39(65-37)49(41-22-24-43(50)67-41)30-9-15-33(16-10-30)82-62-59(79)56(76)53(73)46(27-70)85-62/h1-24,44-62,64-79H,25-27,63H2/t44-,45-,46-,47?,48?,49?,50?,51+,52+,53+,54-,55-,56-,57-,58-,59-,60+,61+,62+/m0/s1. The van der Waals surface area contributed by atoms with Gasteiger partial charge in [0.25, 0.3) is 0 Å². The highest BCUT2D eigenvalue weighted by Gasteiger charge is 2.47. The lowest BCUT2D eigenvalue weighted by molar-refractivity contribution is -0.277. The van der Waals surface area contributed by atoms with Gasteiger partial charge < -0.3 is 115 Å². The van der Waals surface area contributed by atoms with Crippen molar-refractivity contribution in [1.29, 1.82) is 0 Å². The molecule has 4 aromatic carbocycles. The minimum Gasteiger partial charge on any atom is -0.462 e. The van der Waals surface area contributed by atoms with Crippen molar-refractivity contribution in [2.45, 2.75) is 116 Å². The summed E-state index contributed by atoms with van der Waals surface area (Å²) >= 11 is 0. The molecule has 448 valence electrons. The number of rotatable bonds is 13. The second-order valence-electron chi connectivity index (χ2n) is 22.0. The van der Waals surface area contributed by atoms with Crippen LogP contribution < -0.4 is 19.9 Å². The lowest BCUT2D eigenvalue weighted by atomic mass is 9.91. The average molecular weight is 1170 g/mol. The Balaban J connectivity index is 0.956. The van der Waals surface area contributed by atoms with Crippen LogP contribution in [-0.2, 0) is 14.2 Å². The van der Waals surface area contributed by atoms with Crippen LogP contribution in [0.25, 0.3) is 0 Å². The normalized spacial score (nSPS) is 32.2. The Morgan fingerprint density at radius 1 is 0.318 bits per heavy atom. The summed E-state index contributed by atoms with van der Waals surface area (Å²) in [6, 6.07) is 45.1. The van der Waals surface area contributed by atoms with Gasteiger partial charge in [-0.25, -0.2) is 0 Å². The molecule has 2 unspecified atom stereocenters. The van der Waals surface area contributed by atoms with Gasteiger partial charge in [0.15, 0.2) is 0 Å². The van der Waals surface area contributed by atoms with Gasteiger partial charge in [0.2, 0.25) is 18.9 Å². The number of nitrogens with one attached hydrogen (secondary N) is 4. The fourth-order valence-electron chi connectivity index (χ4n) is 12.0. The van der Waals surface area contributed by atoms with E-state index in [1.165, 1.54) is 0 Å². The zero-order valence-electron chi connectivity index (χ0n) is 45.3. The smallest absolute Gasteiger partial charge is 0.229 e. The maximum absolute atomic E-state index is 10.8. The van der Waals surface area contributed by atoms with E-state index in [2.05, 4.69) is 19.9 Å². The van der Waals surface area contributed by atoms with Crippen LogP contribution in [0.1, 0.15) is 91.5 Å². The third-order valence-corrected chi connectivity index (χ3v) is 16.7. The van der Waals surface area contributed by atoms with Crippen molar-refractivity contribution in [3.05, 3.63) is 213 Å². The van der Waals surface area contributed by atoms with Crippen LogP contribution in [0.2, 0.25) is 0 Å². The number of para-hydroxylation sites is 1. The molecule has 8 heterocycles. The first kappa shape index (κ1) is 58.0. The van der Waals surface area contributed by atoms with Crippen molar-refractivity contribution in [3.63, 3.8) is 0 Å². The molecule has 0 amide bonds. The monoisotopic (exact) mass is 1170 g/mol. The number of benzene rings is 4. The SMILES string of the molecule is Nc1ccccc1C1c2ccc([nH]2)C(c2ccc(O[C@@H]3O[C@@H](CO)[C@@H](O)[C@H](O)[C@@H]3O)cc2)c2ccc([nH]2)C(c2ccc(O[C@@H]3O[C@@H](CO)[C@@H](O)[C@H](O)[C@@H]3O)cc2)c2ccc([nH]2)C(c2ccc(O[C@@H]3O[C@@H](CO)[C@@H](O)[C@H](O)[C@@H]3O)cc2)c2ccc1[nH]2. The molecule has 23 heteroatoms. The number of aliphatic hydroxyl groups is 12. The summed E-state index contributed by atoms with van der Waals surface area (Å²) in [4.78, 5) is 15.1. The molecule has 3 saturated heterocycles. The van der Waals surface area contributed by atoms with E-state index in [0.29, 0.717) is 5.69 Å². The number of aliphatic hydroxyl groups excluding tert-OH is 12. The first-order valence-corrected chi connectivity index (χ1v) is 27.9. The van der Waals surface area contributed by atoms with E-state index in [1.807, 2.05) is 109 Å². The molecule has 17 atom stereocenters. The highest BCUT2D eigenvalue weighted by molar-refractivity contribution is 5.56. The van der Waals surface area contributed by atoms with Gasteiger partial charge in [-0.3, -0.25) is 0 Å². The average Bonchev–Trinajstić information content (AvgIpc) is 2.51. The Labute approximate surface area is 485 Å². The molecule has 0 saturated carbocycles. The van der Waals surface area contributed by atoms with Gasteiger partial charge >= 0.3 is 0 Å². The Morgan fingerprint density at radius 2 is 0.576 bits per heavy atom. The number of ether oxygens (including phenoxy) is 6. The summed E-state index contributed by atoms with van der Waals surface area (Å²) in [5.74, 6) is -1.13. The van der Waals surface area contributed by atoms with Crippen molar-refractivity contribution in [1.82, 2.24) is 19.9 Å². The maximum atomic E-state index is 10.8. The van der Waals surface area contributed by atoms with Crippen molar-refractivity contribution >= 4 is 5.69 Å². The number of nitrogens with two attached hydrogens (primary N) is 1. The van der Waals surface area contributed by atoms with Crippen molar-refractivity contribution < 1.29 is 89.7 Å². The molecule has 3 fully saturated rings. The Hall–Kier alpha value is -7.40. The fraction of sp³-hybridized carbons (Fsp3) is 0.355. The molecule has 12 rings (SSSR count). The lowest BCUT2D eigenvalue weighted by Gasteiger charge is -2.39. The lowest BCUT2D eigenvalue weighted by Crippen LogP contribution is -2.60. The molecule has 18 N–H and O–H groups in total. The molecule has 4 aliphatic heterocycles. The number of aromatic amines is 4. The highest BCUT2D eigenvalue weighted by atomic mass is 16.7. The minimum absolute atomic E-state index is 0.263. The fourth-order valence-corrected chi connectivity index (χ4v) is 12.0. The summed E-state index contributed by atoms with van der Waals surface area (Å²) in [5.41, 5.74) is 16.9. The first-order valence-electron chi connectivity index (χ1n) is 27.9. The van der Waals surface area contributed by atoms with Crippen LogP contribution in [0.15, 0.2) is 146 Å². The number of anilines is 1. The summed E-state index contributed by atoms with van der Waals surface area (Å²) < 4.78 is 35.0. The van der Waals surface area contributed by atoms with E-state index in [0.717, 1.165) is 67.8 Å². The van der Waals surface area contributed by atoms with Gasteiger partial charge in [-0.2, -0.15) is 0 Å². The highest BCUT2D eigenvalue weighted by Crippen LogP contribution is 2.43. The summed E-state index contributed by atoms with van der Waals surface area (Å²) in [5, 5.41) is 125. The largest absolute Gasteiger partial charge is 0.462 e. The van der Waals surface area contributed by atoms with Crippen LogP contribution in [0.3, 0.4) is 0 Å². The number of nitrogen functional groups attached to an aromatic ring is 1. The Morgan fingerprint density at radius 3 is 0.835 bits per heavy atom. The summed E-state index contributed by atoms with van der Waals surface area (Å²) in [6.07, 6.45) is -22.2. The van der Waals surface area contributed by atoms with Gasteiger partial charge in [0, 0.05) is 51.2 Å². The first-order chi connectivity index (χ1) is 41.1. The predicted molar refractivity (Wildman–Crippen MR) is 300 cm³/mol. The molecule has 4 aromatic heterocycles. The summed E-state index contributed by atoms with van der Waals surface area (Å²) in [7, 11) is 0. The van der Waals surface area contributed by atoms with Crippen LogP contribution in [0.5, 0.6) is 17.2 Å². The molecule has 0 spiro atoms. The number of fused-ring (bicyclic) bond motifs is 8. The second kappa shape index (κ2) is 24.2. The van der Waals surface area contributed by atoms with E-state index in [9.17, 15) is 61.3 Å². The van der Waals surface area contributed by atoms with Crippen LogP contribution in [0.4, 0.5) is 5.69 Å². The van der Waals surface area contributed by atoms with Gasteiger partial charge in [-0.05, 0) is 113 Å². The minimum atomic E-state index is -1.64. The van der Waals surface area contributed by atoms with E-state index in [1.54, 1.807) is 36.4 Å². The van der Waals surface area contributed by atoms with Crippen LogP contribution in [0, 0.1) is 0 Å². The van der Waals surface area contributed by atoms with Gasteiger partial charge in [0.1, 0.15) is 90.5 Å². The van der Waals surface area contributed by atoms with Gasteiger partial charge in [0.05, 0.1) is 43.5 Å². The molecule has 85 heavy (non-hydrogen) atoms. The van der Waals surface area contributed by atoms with Gasteiger partial charge in [-0.1, -0.05) is 54.6 Å². The molecular weight excluding hydrogens is 1100 g/mol. The molecular formula is C62H67N5O18. The maximum Gasteiger partial charge on any atom is 0.229 e. The molecule has 8 bridgehead atoms. The van der Waals surface area contributed by atoms with E-state index >= 15 is 0 Å². The molecule has 8 aromatic rings. The van der Waals surface area contributed by atoms with Crippen molar-refractivity contribution in [2.24, 2.45) is 0 Å². The zero-order valence-corrected chi connectivity index (χ0v) is 45.3. The van der Waals surface area contributed by atoms with Gasteiger partial charge in [-0.15, -0.1) is 0 Å². The topological polar surface area (TPSA) is 387 Å². The number of aromatic nitrogens is 4. The summed E-state index contributed by atoms with van der Waals surface area (Å²) in [6.45, 7) is -1.86. The predicted octanol–water partition coefficient (Wildman–Crippen LogP) is 1.15. The van der Waals surface area contributed by atoms with Crippen molar-refractivity contribution in [3.8, 4) is 17.2 Å². The number of H-pyrrole nitrogens is 4. The quantitative estimate of drug-likeness (QED) is 0.0720. The number of hydrogen-bond donors (Lipinski definition) is 17. The van der Waals surface area contributed by atoms with Crippen LogP contribution in [-0.4, -0.2) is 193 Å². The third-order valence-electron chi connectivity index (χ3n) is 16.7. The second-order valence-corrected chi connectivity index (χ2v) is 22.0. The zero-order chi connectivity index (χ0) is 59.4. The molecule has 23 nitrogen and oxygen atoms in total. The molecule has 4 aliphatic rings.